The van der Waals surface area contributed by atoms with Crippen LogP contribution in [0.15, 0.2) is 73.1 Å². The van der Waals surface area contributed by atoms with E-state index in [-0.39, 0.29) is 0 Å². The summed E-state index contributed by atoms with van der Waals surface area (Å²) < 4.78 is 7.97. The van der Waals surface area contributed by atoms with Crippen molar-refractivity contribution in [2.24, 2.45) is 0 Å². The summed E-state index contributed by atoms with van der Waals surface area (Å²) in [6, 6.07) is 19.9. The third kappa shape index (κ3) is 5.04. The van der Waals surface area contributed by atoms with Crippen LogP contribution < -0.4 is 9.64 Å². The molecule has 0 aliphatic carbocycles. The third-order valence-electron chi connectivity index (χ3n) is 6.55. The Hall–Kier alpha value is -3.91. The number of hydrogen-bond acceptors (Lipinski definition) is 6. The minimum atomic E-state index is -1.35. The number of carbonyl (C=O) groups is 1. The van der Waals surface area contributed by atoms with Gasteiger partial charge in [-0.1, -0.05) is 24.3 Å². The number of carboxylic acids is 1. The Bertz CT molecular complexity index is 1350. The number of hydrogen-bond donors (Lipinski definition) is 1. The van der Waals surface area contributed by atoms with Gasteiger partial charge < -0.3 is 14.7 Å². The molecule has 0 bridgehead atoms. The smallest absolute Gasteiger partial charge is 0.347 e. The fourth-order valence-electron chi connectivity index (χ4n) is 4.57. The molecule has 2 aromatic carbocycles. The van der Waals surface area contributed by atoms with E-state index in [1.807, 2.05) is 65.5 Å². The number of anilines is 1. The van der Waals surface area contributed by atoms with Crippen LogP contribution in [-0.4, -0.2) is 62.5 Å². The first-order valence-electron chi connectivity index (χ1n) is 12.3. The molecule has 0 saturated carbocycles. The van der Waals surface area contributed by atoms with E-state index in [4.69, 9.17) is 9.84 Å². The van der Waals surface area contributed by atoms with E-state index in [1.54, 1.807) is 20.0 Å². The fourth-order valence-corrected chi connectivity index (χ4v) is 4.57. The van der Waals surface area contributed by atoms with E-state index in [9.17, 15) is 9.90 Å². The number of pyridine rings is 1. The molecule has 0 radical (unpaired) electrons. The zero-order valence-corrected chi connectivity index (χ0v) is 20.7. The molecule has 0 amide bonds. The van der Waals surface area contributed by atoms with Crippen molar-refractivity contribution in [2.75, 3.05) is 31.1 Å². The number of aromatic nitrogens is 3. The number of ether oxygens (including phenoxy) is 1. The standard InChI is InChI=1S/C28H31N5O3/c1-28(2,27(34)35)36-24-12-11-21-8-6-14-29-25(21)26(24)32-16-7-15-31(18-19-32)20-22-13-17-33(30-22)23-9-4-3-5-10-23/h3-6,8-14,17H,7,15-16,18-20H2,1-2H3,(H,34,35). The summed E-state index contributed by atoms with van der Waals surface area (Å²) in [7, 11) is 0. The lowest BCUT2D eigenvalue weighted by Crippen LogP contribution is -2.38. The zero-order valence-electron chi connectivity index (χ0n) is 20.7. The van der Waals surface area contributed by atoms with Crippen LogP contribution in [0.1, 0.15) is 26.0 Å². The first-order chi connectivity index (χ1) is 17.4. The molecule has 36 heavy (non-hydrogen) atoms. The van der Waals surface area contributed by atoms with Crippen LogP contribution in [-0.2, 0) is 11.3 Å². The summed E-state index contributed by atoms with van der Waals surface area (Å²) in [5.41, 5.74) is 2.41. The predicted octanol–water partition coefficient (Wildman–Crippen LogP) is 4.37. The molecule has 8 nitrogen and oxygen atoms in total. The molecule has 0 spiro atoms. The molecule has 1 aliphatic heterocycles. The summed E-state index contributed by atoms with van der Waals surface area (Å²) in [4.78, 5) is 21.1. The fraction of sp³-hybridized carbons (Fsp3) is 0.321. The number of rotatable bonds is 7. The van der Waals surface area contributed by atoms with Crippen LogP contribution in [0.3, 0.4) is 0 Å². The van der Waals surface area contributed by atoms with Gasteiger partial charge >= 0.3 is 5.97 Å². The van der Waals surface area contributed by atoms with Crippen molar-refractivity contribution in [3.63, 3.8) is 0 Å². The van der Waals surface area contributed by atoms with Gasteiger partial charge in [-0.25, -0.2) is 9.48 Å². The Morgan fingerprint density at radius 2 is 1.83 bits per heavy atom. The van der Waals surface area contributed by atoms with Gasteiger partial charge in [0.2, 0.25) is 0 Å². The average Bonchev–Trinajstić information content (AvgIpc) is 3.23. The van der Waals surface area contributed by atoms with E-state index in [0.717, 1.165) is 67.1 Å². The van der Waals surface area contributed by atoms with E-state index in [1.165, 1.54) is 0 Å². The Labute approximate surface area is 210 Å². The summed E-state index contributed by atoms with van der Waals surface area (Å²) in [6.07, 6.45) is 4.74. The van der Waals surface area contributed by atoms with Gasteiger partial charge in [-0.2, -0.15) is 5.10 Å². The quantitative estimate of drug-likeness (QED) is 0.416. The number of aliphatic carboxylic acids is 1. The maximum atomic E-state index is 11.8. The highest BCUT2D eigenvalue weighted by molar-refractivity contribution is 5.94. The average molecular weight is 486 g/mol. The van der Waals surface area contributed by atoms with Crippen LogP contribution in [0.25, 0.3) is 16.6 Å². The van der Waals surface area contributed by atoms with Crippen molar-refractivity contribution < 1.29 is 14.6 Å². The van der Waals surface area contributed by atoms with Crippen LogP contribution in [0.5, 0.6) is 5.75 Å². The summed E-state index contributed by atoms with van der Waals surface area (Å²) in [5.74, 6) is -0.463. The van der Waals surface area contributed by atoms with Gasteiger partial charge in [0.1, 0.15) is 11.4 Å². The van der Waals surface area contributed by atoms with Crippen LogP contribution >= 0.6 is 0 Å². The second-order valence-electron chi connectivity index (χ2n) is 9.61. The largest absolute Gasteiger partial charge is 0.478 e. The van der Waals surface area contributed by atoms with Crippen molar-refractivity contribution in [1.82, 2.24) is 19.7 Å². The molecule has 5 rings (SSSR count). The molecular weight excluding hydrogens is 454 g/mol. The Morgan fingerprint density at radius 3 is 2.64 bits per heavy atom. The normalized spacial score (nSPS) is 15.1. The molecular formula is C28H31N5O3. The topological polar surface area (TPSA) is 83.7 Å². The second kappa shape index (κ2) is 9.99. The number of carboxylic acid groups (broad SMARTS) is 1. The Kier molecular flexibility index (Phi) is 6.61. The van der Waals surface area contributed by atoms with Crippen molar-refractivity contribution in [3.8, 4) is 11.4 Å². The predicted molar refractivity (Wildman–Crippen MR) is 140 cm³/mol. The van der Waals surface area contributed by atoms with Gasteiger partial charge in [0, 0.05) is 50.5 Å². The molecule has 0 atom stereocenters. The summed E-state index contributed by atoms with van der Waals surface area (Å²) in [6.45, 7) is 7.32. The van der Waals surface area contributed by atoms with Crippen molar-refractivity contribution in [3.05, 3.63) is 78.8 Å². The SMILES string of the molecule is CC(C)(Oc1ccc2cccnc2c1N1CCCN(Cc2ccn(-c3ccccc3)n2)CC1)C(=O)O. The summed E-state index contributed by atoms with van der Waals surface area (Å²) in [5, 5.41) is 15.4. The van der Waals surface area contributed by atoms with Crippen LogP contribution in [0.4, 0.5) is 5.69 Å². The Morgan fingerprint density at radius 1 is 1.00 bits per heavy atom. The highest BCUT2D eigenvalue weighted by Gasteiger charge is 2.32. The molecule has 1 saturated heterocycles. The van der Waals surface area contributed by atoms with E-state index < -0.39 is 11.6 Å². The van der Waals surface area contributed by atoms with Gasteiger partial charge in [-0.05, 0) is 56.7 Å². The molecule has 1 fully saturated rings. The number of fused-ring (bicyclic) bond motifs is 1. The third-order valence-corrected chi connectivity index (χ3v) is 6.55. The lowest BCUT2D eigenvalue weighted by Gasteiger charge is -2.29. The number of para-hydroxylation sites is 1. The highest BCUT2D eigenvalue weighted by Crippen LogP contribution is 2.38. The van der Waals surface area contributed by atoms with Gasteiger partial charge in [-0.15, -0.1) is 0 Å². The van der Waals surface area contributed by atoms with Crippen LogP contribution in [0, 0.1) is 0 Å². The van der Waals surface area contributed by atoms with Crippen molar-refractivity contribution >= 4 is 22.6 Å². The molecule has 1 N–H and O–H groups in total. The first-order valence-corrected chi connectivity index (χ1v) is 12.3. The minimum absolute atomic E-state index is 0.545. The maximum absolute atomic E-state index is 11.8. The highest BCUT2D eigenvalue weighted by atomic mass is 16.5. The molecule has 2 aromatic heterocycles. The number of nitrogens with zero attached hydrogens (tertiary/aromatic N) is 5. The van der Waals surface area contributed by atoms with Crippen LogP contribution in [0.2, 0.25) is 0 Å². The van der Waals surface area contributed by atoms with Crippen molar-refractivity contribution in [2.45, 2.75) is 32.4 Å². The van der Waals surface area contributed by atoms with E-state index in [2.05, 4.69) is 20.9 Å². The molecule has 0 unspecified atom stereocenters. The maximum Gasteiger partial charge on any atom is 0.347 e. The number of benzene rings is 2. The lowest BCUT2D eigenvalue weighted by molar-refractivity contribution is -0.152. The lowest BCUT2D eigenvalue weighted by atomic mass is 10.1. The molecule has 8 heteroatoms. The zero-order chi connectivity index (χ0) is 25.1. The molecule has 186 valence electrons. The second-order valence-corrected chi connectivity index (χ2v) is 9.61. The van der Waals surface area contributed by atoms with Gasteiger partial charge in [0.05, 0.1) is 16.9 Å². The van der Waals surface area contributed by atoms with Gasteiger partial charge in [0.25, 0.3) is 0 Å². The molecule has 3 heterocycles. The Balaban J connectivity index is 1.36. The van der Waals surface area contributed by atoms with Gasteiger partial charge in [0.15, 0.2) is 5.60 Å². The van der Waals surface area contributed by atoms with Crippen molar-refractivity contribution in [1.29, 1.82) is 0 Å². The van der Waals surface area contributed by atoms with Gasteiger partial charge in [-0.3, -0.25) is 9.88 Å². The molecule has 1 aliphatic rings. The van der Waals surface area contributed by atoms with E-state index in [0.29, 0.717) is 5.75 Å². The summed E-state index contributed by atoms with van der Waals surface area (Å²) >= 11 is 0. The molecule has 4 aromatic rings. The monoisotopic (exact) mass is 485 g/mol. The first kappa shape index (κ1) is 23.8. The van der Waals surface area contributed by atoms with E-state index >= 15 is 0 Å². The minimum Gasteiger partial charge on any atom is -0.478 e.